The molecule has 0 saturated carbocycles. The number of aromatic hydroxyl groups is 2. The van der Waals surface area contributed by atoms with Gasteiger partial charge in [0.1, 0.15) is 11.5 Å². The molecule has 0 aliphatic heterocycles. The molecule has 3 aromatic rings. The van der Waals surface area contributed by atoms with Crippen molar-refractivity contribution >= 4 is 56.5 Å². The highest BCUT2D eigenvalue weighted by molar-refractivity contribution is 7.87. The third kappa shape index (κ3) is 3.77. The van der Waals surface area contributed by atoms with E-state index in [2.05, 4.69) is 0 Å². The molecule has 0 heterocycles. The number of rotatable bonds is 4. The first-order valence-electron chi connectivity index (χ1n) is 7.89. The zero-order chi connectivity index (χ0) is 21.6. The molecule has 29 heavy (non-hydrogen) atoms. The molecule has 3 aromatic carbocycles. The molecule has 152 valence electrons. The molecule has 0 aromatic heterocycles. The van der Waals surface area contributed by atoms with Gasteiger partial charge >= 0.3 is 0 Å². The van der Waals surface area contributed by atoms with Crippen molar-refractivity contribution in [2.24, 2.45) is 0 Å². The Labute approximate surface area is 186 Å². The van der Waals surface area contributed by atoms with Crippen LogP contribution in [0.5, 0.6) is 11.5 Å². The van der Waals surface area contributed by atoms with Crippen molar-refractivity contribution in [2.75, 3.05) is 0 Å². The fourth-order valence-corrected chi connectivity index (χ4v) is 5.93. The molecule has 0 amide bonds. The van der Waals surface area contributed by atoms with Crippen LogP contribution in [0.3, 0.4) is 0 Å². The number of phenolic OH excluding ortho intramolecular Hbond substituents is 2. The average molecular weight is 494 g/mol. The molecule has 0 saturated heterocycles. The Morgan fingerprint density at radius 3 is 1.38 bits per heavy atom. The first-order chi connectivity index (χ1) is 13.5. The Balaban J connectivity index is 2.60. The van der Waals surface area contributed by atoms with Crippen LogP contribution < -0.4 is 0 Å². The van der Waals surface area contributed by atoms with Crippen molar-refractivity contribution in [1.82, 2.24) is 0 Å². The molecule has 0 bridgehead atoms. The lowest BCUT2D eigenvalue weighted by molar-refractivity contribution is 0.456. The van der Waals surface area contributed by atoms with Gasteiger partial charge in [-0.3, -0.25) is 4.55 Å². The van der Waals surface area contributed by atoms with Crippen molar-refractivity contribution < 1.29 is 23.2 Å². The lowest BCUT2D eigenvalue weighted by atomic mass is 9.83. The van der Waals surface area contributed by atoms with Gasteiger partial charge in [-0.15, -0.1) is 0 Å². The molecule has 3 N–H and O–H groups in total. The predicted octanol–water partition coefficient (Wildman–Crippen LogP) is 5.89. The summed E-state index contributed by atoms with van der Waals surface area (Å²) in [6.07, 6.45) is 0. The fraction of sp³-hybridized carbons (Fsp3) is 0.0526. The lowest BCUT2D eigenvalue weighted by Crippen LogP contribution is -2.39. The van der Waals surface area contributed by atoms with Crippen LogP contribution in [0.15, 0.2) is 54.6 Å². The van der Waals surface area contributed by atoms with E-state index >= 15 is 0 Å². The second kappa shape index (κ2) is 7.87. The molecule has 10 heteroatoms. The third-order valence-electron chi connectivity index (χ3n) is 4.36. The normalized spacial score (nSPS) is 12.2. The third-order valence-corrected chi connectivity index (χ3v) is 6.97. The molecule has 0 aliphatic carbocycles. The Bertz CT molecular complexity index is 1090. The highest BCUT2D eigenvalue weighted by Gasteiger charge is 2.52. The van der Waals surface area contributed by atoms with Crippen LogP contribution in [-0.4, -0.2) is 23.2 Å². The van der Waals surface area contributed by atoms with Gasteiger partial charge in [-0.1, -0.05) is 64.6 Å². The summed E-state index contributed by atoms with van der Waals surface area (Å²) < 4.78 is 34.1. The summed E-state index contributed by atoms with van der Waals surface area (Å²) in [5.41, 5.74) is -0.307. The van der Waals surface area contributed by atoms with Crippen LogP contribution in [-0.2, 0) is 14.9 Å². The summed E-state index contributed by atoms with van der Waals surface area (Å²) in [6, 6.07) is 11.2. The highest BCUT2D eigenvalue weighted by Crippen LogP contribution is 2.51. The van der Waals surface area contributed by atoms with E-state index in [1.807, 2.05) is 0 Å². The largest absolute Gasteiger partial charge is 0.508 e. The minimum Gasteiger partial charge on any atom is -0.508 e. The van der Waals surface area contributed by atoms with Crippen LogP contribution in [0.1, 0.15) is 16.7 Å². The van der Waals surface area contributed by atoms with Gasteiger partial charge in [-0.25, -0.2) is 0 Å². The zero-order valence-electron chi connectivity index (χ0n) is 14.3. The molecule has 0 spiro atoms. The predicted molar refractivity (Wildman–Crippen MR) is 114 cm³/mol. The molecular weight excluding hydrogens is 482 g/mol. The van der Waals surface area contributed by atoms with E-state index in [9.17, 15) is 23.2 Å². The number of halogens is 4. The highest BCUT2D eigenvalue weighted by atomic mass is 35.5. The average Bonchev–Trinajstić information content (AvgIpc) is 2.58. The second-order valence-electron chi connectivity index (χ2n) is 6.11. The van der Waals surface area contributed by atoms with Crippen LogP contribution >= 0.6 is 46.4 Å². The maximum atomic E-state index is 13.0. The van der Waals surface area contributed by atoms with E-state index in [1.165, 1.54) is 42.5 Å². The minimum absolute atomic E-state index is 0.0775. The van der Waals surface area contributed by atoms with Gasteiger partial charge in [-0.05, 0) is 36.4 Å². The maximum absolute atomic E-state index is 13.0. The van der Waals surface area contributed by atoms with Crippen LogP contribution in [0.2, 0.25) is 20.1 Å². The van der Waals surface area contributed by atoms with Gasteiger partial charge in [0.2, 0.25) is 0 Å². The van der Waals surface area contributed by atoms with E-state index < -0.39 is 14.9 Å². The summed E-state index contributed by atoms with van der Waals surface area (Å²) in [5.74, 6) is -0.441. The van der Waals surface area contributed by atoms with E-state index in [0.29, 0.717) is 0 Å². The molecule has 5 nitrogen and oxygen atoms in total. The number of hydrogen-bond donors (Lipinski definition) is 3. The quantitative estimate of drug-likeness (QED) is 0.311. The van der Waals surface area contributed by atoms with Gasteiger partial charge < -0.3 is 10.2 Å². The molecular formula is C19H12Cl4O5S. The number of phenols is 2. The van der Waals surface area contributed by atoms with Crippen LogP contribution in [0, 0.1) is 0 Å². The zero-order valence-corrected chi connectivity index (χ0v) is 18.1. The number of benzene rings is 3. The van der Waals surface area contributed by atoms with Gasteiger partial charge in [-0.2, -0.15) is 8.42 Å². The first-order valence-corrected chi connectivity index (χ1v) is 10.8. The molecule has 0 aliphatic rings. The summed E-state index contributed by atoms with van der Waals surface area (Å²) in [4.78, 5) is 0. The van der Waals surface area contributed by atoms with Crippen molar-refractivity contribution in [1.29, 1.82) is 0 Å². The van der Waals surface area contributed by atoms with Crippen molar-refractivity contribution in [3.8, 4) is 11.5 Å². The SMILES string of the molecule is O=S(=O)(O)C(c1ccc(O)cc1Cl)(c1ccc(O)cc1Cl)c1ccc(Cl)cc1Cl. The Hall–Kier alpha value is -1.67. The topological polar surface area (TPSA) is 94.8 Å². The van der Waals surface area contributed by atoms with Crippen LogP contribution in [0.25, 0.3) is 0 Å². The maximum Gasteiger partial charge on any atom is 0.283 e. The van der Waals surface area contributed by atoms with Gasteiger partial charge in [0.05, 0.1) is 0 Å². The fourth-order valence-electron chi connectivity index (χ4n) is 3.21. The molecule has 3 rings (SSSR count). The van der Waals surface area contributed by atoms with Crippen LogP contribution in [0.4, 0.5) is 0 Å². The summed E-state index contributed by atoms with van der Waals surface area (Å²) in [6.45, 7) is 0. The Morgan fingerprint density at radius 2 is 1.03 bits per heavy atom. The lowest BCUT2D eigenvalue weighted by Gasteiger charge is -2.34. The van der Waals surface area contributed by atoms with Crippen molar-refractivity contribution in [3.63, 3.8) is 0 Å². The minimum atomic E-state index is -5.05. The number of hydrogen-bond acceptors (Lipinski definition) is 4. The van der Waals surface area contributed by atoms with Gasteiger partial charge in [0, 0.05) is 36.8 Å². The van der Waals surface area contributed by atoms with Crippen molar-refractivity contribution in [3.05, 3.63) is 91.4 Å². The smallest absolute Gasteiger partial charge is 0.283 e. The summed E-state index contributed by atoms with van der Waals surface area (Å²) in [7, 11) is -5.05. The van der Waals surface area contributed by atoms with E-state index in [0.717, 1.165) is 12.1 Å². The summed E-state index contributed by atoms with van der Waals surface area (Å²) >= 11 is 24.9. The van der Waals surface area contributed by atoms with E-state index in [-0.39, 0.29) is 48.3 Å². The van der Waals surface area contributed by atoms with E-state index in [4.69, 9.17) is 46.4 Å². The molecule has 0 fully saturated rings. The Kier molecular flexibility index (Phi) is 5.98. The summed E-state index contributed by atoms with van der Waals surface area (Å²) in [5, 5.41) is 19.3. The molecule has 0 radical (unpaired) electrons. The molecule has 0 atom stereocenters. The van der Waals surface area contributed by atoms with E-state index in [1.54, 1.807) is 0 Å². The van der Waals surface area contributed by atoms with Gasteiger partial charge in [0.25, 0.3) is 10.1 Å². The first kappa shape index (κ1) is 22.0. The van der Waals surface area contributed by atoms with Crippen molar-refractivity contribution in [2.45, 2.75) is 4.75 Å². The monoisotopic (exact) mass is 492 g/mol. The standard InChI is InChI=1S/C19H12Cl4O5S/c20-10-1-4-13(16(21)7-10)19(29(26,27)28,14-5-2-11(24)8-17(14)22)15-6-3-12(25)9-18(15)23/h1-9,24-25H,(H,26,27,28). The second-order valence-corrected chi connectivity index (χ2v) is 9.33. The van der Waals surface area contributed by atoms with Gasteiger partial charge in [0.15, 0.2) is 4.75 Å². The molecule has 0 unspecified atom stereocenters. The Morgan fingerprint density at radius 1 is 0.655 bits per heavy atom.